The number of hydrogen-bond donors (Lipinski definition) is 1. The lowest BCUT2D eigenvalue weighted by atomic mass is 10.1. The number of rotatable bonds is 2. The van der Waals surface area contributed by atoms with Crippen molar-refractivity contribution < 1.29 is 4.74 Å². The first-order valence-corrected chi connectivity index (χ1v) is 7.07. The van der Waals surface area contributed by atoms with Gasteiger partial charge in [-0.15, -0.1) is 0 Å². The zero-order valence-electron chi connectivity index (χ0n) is 12.0. The van der Waals surface area contributed by atoms with Crippen molar-refractivity contribution in [2.75, 3.05) is 26.3 Å². The molecule has 2 heterocycles. The molecule has 20 heavy (non-hydrogen) atoms. The Kier molecular flexibility index (Phi) is 3.59. The minimum Gasteiger partial charge on any atom is -0.379 e. The van der Waals surface area contributed by atoms with Crippen LogP contribution in [0.3, 0.4) is 0 Å². The molecule has 0 spiro atoms. The Balaban J connectivity index is 2.03. The van der Waals surface area contributed by atoms with Crippen molar-refractivity contribution in [3.05, 3.63) is 45.2 Å². The van der Waals surface area contributed by atoms with Crippen molar-refractivity contribution in [3.63, 3.8) is 0 Å². The number of aromatic nitrogens is 1. The number of benzene rings is 1. The second kappa shape index (κ2) is 5.38. The molecule has 0 aliphatic carbocycles. The maximum atomic E-state index is 12.7. The van der Waals surface area contributed by atoms with Crippen molar-refractivity contribution in [1.29, 1.82) is 0 Å². The Labute approximate surface area is 118 Å². The van der Waals surface area contributed by atoms with Gasteiger partial charge in [0.05, 0.1) is 13.2 Å². The zero-order chi connectivity index (χ0) is 14.1. The maximum Gasteiger partial charge on any atom is 0.194 e. The highest BCUT2D eigenvalue weighted by atomic mass is 16.5. The minimum absolute atomic E-state index is 0.159. The second-order valence-electron chi connectivity index (χ2n) is 5.50. The highest BCUT2D eigenvalue weighted by molar-refractivity contribution is 5.80. The molecule has 2 aromatic rings. The predicted octanol–water partition coefficient (Wildman–Crippen LogP) is 1.98. The lowest BCUT2D eigenvalue weighted by molar-refractivity contribution is 0.0339. The van der Waals surface area contributed by atoms with Crippen LogP contribution >= 0.6 is 0 Å². The summed E-state index contributed by atoms with van der Waals surface area (Å²) in [5.74, 6) is 0. The van der Waals surface area contributed by atoms with Crippen molar-refractivity contribution in [3.8, 4) is 0 Å². The van der Waals surface area contributed by atoms with Crippen LogP contribution in [0.2, 0.25) is 0 Å². The molecule has 0 atom stereocenters. The molecule has 1 aliphatic rings. The third-order valence-corrected chi connectivity index (χ3v) is 3.95. The van der Waals surface area contributed by atoms with Gasteiger partial charge in [0.25, 0.3) is 0 Å². The third kappa shape index (κ3) is 2.49. The molecule has 0 amide bonds. The average Bonchev–Trinajstić information content (AvgIpc) is 2.46. The highest BCUT2D eigenvalue weighted by Gasteiger charge is 2.15. The van der Waals surface area contributed by atoms with E-state index in [1.807, 2.05) is 32.0 Å². The molecule has 1 fully saturated rings. The predicted molar refractivity (Wildman–Crippen MR) is 80.1 cm³/mol. The summed E-state index contributed by atoms with van der Waals surface area (Å²) in [6.07, 6.45) is 0. The molecule has 3 rings (SSSR count). The van der Waals surface area contributed by atoms with E-state index in [-0.39, 0.29) is 5.43 Å². The van der Waals surface area contributed by atoms with E-state index in [9.17, 15) is 4.79 Å². The van der Waals surface area contributed by atoms with Crippen LogP contribution in [0.4, 0.5) is 0 Å². The van der Waals surface area contributed by atoms with Crippen molar-refractivity contribution >= 4 is 10.9 Å². The van der Waals surface area contributed by atoms with Crippen LogP contribution in [-0.2, 0) is 11.3 Å². The van der Waals surface area contributed by atoms with Gasteiger partial charge < -0.3 is 9.72 Å². The van der Waals surface area contributed by atoms with Gasteiger partial charge >= 0.3 is 0 Å². The SMILES string of the molecule is Cc1ccc2[nH]c(C)c(CN3CCOCC3)c(=O)c2c1. The molecule has 1 aromatic carbocycles. The van der Waals surface area contributed by atoms with E-state index in [4.69, 9.17) is 4.74 Å². The van der Waals surface area contributed by atoms with E-state index in [0.29, 0.717) is 6.54 Å². The van der Waals surface area contributed by atoms with Gasteiger partial charge in [0.15, 0.2) is 5.43 Å². The topological polar surface area (TPSA) is 45.3 Å². The number of aromatic amines is 1. The summed E-state index contributed by atoms with van der Waals surface area (Å²) in [5.41, 5.74) is 4.04. The lowest BCUT2D eigenvalue weighted by Gasteiger charge is -2.26. The molecule has 4 heteroatoms. The zero-order valence-corrected chi connectivity index (χ0v) is 12.0. The van der Waals surface area contributed by atoms with Gasteiger partial charge in [0.1, 0.15) is 0 Å². The summed E-state index contributed by atoms with van der Waals surface area (Å²) < 4.78 is 5.36. The number of hydrogen-bond acceptors (Lipinski definition) is 3. The third-order valence-electron chi connectivity index (χ3n) is 3.95. The summed E-state index contributed by atoms with van der Waals surface area (Å²) in [6, 6.07) is 5.98. The van der Waals surface area contributed by atoms with Gasteiger partial charge in [-0.3, -0.25) is 9.69 Å². The Morgan fingerprint density at radius 2 is 2.00 bits per heavy atom. The fraction of sp³-hybridized carbons (Fsp3) is 0.438. The minimum atomic E-state index is 0.159. The molecule has 1 aromatic heterocycles. The van der Waals surface area contributed by atoms with Crippen LogP contribution in [0.25, 0.3) is 10.9 Å². The van der Waals surface area contributed by atoms with Crippen LogP contribution in [0.5, 0.6) is 0 Å². The lowest BCUT2D eigenvalue weighted by Crippen LogP contribution is -2.37. The normalized spacial score (nSPS) is 16.7. The molecule has 106 valence electrons. The Morgan fingerprint density at radius 3 is 2.75 bits per heavy atom. The van der Waals surface area contributed by atoms with E-state index < -0.39 is 0 Å². The average molecular weight is 272 g/mol. The number of ether oxygens (including phenoxy) is 1. The first-order valence-electron chi connectivity index (χ1n) is 7.07. The second-order valence-corrected chi connectivity index (χ2v) is 5.50. The summed E-state index contributed by atoms with van der Waals surface area (Å²) in [4.78, 5) is 18.3. The smallest absolute Gasteiger partial charge is 0.194 e. The van der Waals surface area contributed by atoms with Crippen molar-refractivity contribution in [2.24, 2.45) is 0 Å². The molecule has 0 unspecified atom stereocenters. The number of pyridine rings is 1. The maximum absolute atomic E-state index is 12.7. The Morgan fingerprint density at radius 1 is 1.25 bits per heavy atom. The van der Waals surface area contributed by atoms with E-state index in [0.717, 1.165) is 54.0 Å². The van der Waals surface area contributed by atoms with Gasteiger partial charge in [0, 0.05) is 41.8 Å². The number of aryl methyl sites for hydroxylation is 2. The summed E-state index contributed by atoms with van der Waals surface area (Å²) in [5, 5.41) is 0.791. The molecular formula is C16H20N2O2. The molecular weight excluding hydrogens is 252 g/mol. The molecule has 0 bridgehead atoms. The molecule has 1 saturated heterocycles. The van der Waals surface area contributed by atoms with E-state index in [1.54, 1.807) is 0 Å². The summed E-state index contributed by atoms with van der Waals surface area (Å²) >= 11 is 0. The van der Waals surface area contributed by atoms with Gasteiger partial charge in [-0.25, -0.2) is 0 Å². The van der Waals surface area contributed by atoms with Gasteiger partial charge in [0.2, 0.25) is 0 Å². The van der Waals surface area contributed by atoms with Crippen LogP contribution in [0, 0.1) is 13.8 Å². The summed E-state index contributed by atoms with van der Waals surface area (Å²) in [7, 11) is 0. The fourth-order valence-electron chi connectivity index (χ4n) is 2.74. The van der Waals surface area contributed by atoms with Crippen molar-refractivity contribution in [2.45, 2.75) is 20.4 Å². The van der Waals surface area contributed by atoms with Crippen LogP contribution in [-0.4, -0.2) is 36.2 Å². The molecule has 1 N–H and O–H groups in total. The number of H-pyrrole nitrogens is 1. The van der Waals surface area contributed by atoms with Crippen LogP contribution in [0.1, 0.15) is 16.8 Å². The summed E-state index contributed by atoms with van der Waals surface area (Å²) in [6.45, 7) is 7.99. The van der Waals surface area contributed by atoms with Crippen LogP contribution in [0.15, 0.2) is 23.0 Å². The van der Waals surface area contributed by atoms with E-state index in [1.165, 1.54) is 0 Å². The standard InChI is InChI=1S/C16H20N2O2/c1-11-3-4-15-13(9-11)16(19)14(12(2)17-15)10-18-5-7-20-8-6-18/h3-4,9H,5-8,10H2,1-2H3,(H,17,19). The van der Waals surface area contributed by atoms with Crippen molar-refractivity contribution in [1.82, 2.24) is 9.88 Å². The molecule has 4 nitrogen and oxygen atoms in total. The Bertz CT molecular complexity index is 685. The quantitative estimate of drug-likeness (QED) is 0.909. The van der Waals surface area contributed by atoms with Crippen LogP contribution < -0.4 is 5.43 Å². The number of morpholine rings is 1. The number of fused-ring (bicyclic) bond motifs is 1. The van der Waals surface area contributed by atoms with Gasteiger partial charge in [-0.2, -0.15) is 0 Å². The largest absolute Gasteiger partial charge is 0.379 e. The fourth-order valence-corrected chi connectivity index (χ4v) is 2.74. The number of nitrogens with one attached hydrogen (secondary N) is 1. The molecule has 0 saturated carbocycles. The molecule has 0 radical (unpaired) electrons. The van der Waals surface area contributed by atoms with Gasteiger partial charge in [-0.05, 0) is 26.0 Å². The monoisotopic (exact) mass is 272 g/mol. The highest BCUT2D eigenvalue weighted by Crippen LogP contribution is 2.15. The van der Waals surface area contributed by atoms with E-state index >= 15 is 0 Å². The molecule has 1 aliphatic heterocycles. The number of nitrogens with zero attached hydrogens (tertiary/aromatic N) is 1. The van der Waals surface area contributed by atoms with Gasteiger partial charge in [-0.1, -0.05) is 11.6 Å². The first-order chi connectivity index (χ1) is 9.65. The Hall–Kier alpha value is -1.65. The van der Waals surface area contributed by atoms with E-state index in [2.05, 4.69) is 9.88 Å². The first kappa shape index (κ1) is 13.3.